The monoisotopic (exact) mass is 347 g/mol. The van der Waals surface area contributed by atoms with Crippen molar-refractivity contribution in [1.82, 2.24) is 0 Å². The molecule has 0 fully saturated rings. The van der Waals surface area contributed by atoms with Gasteiger partial charge in [0.05, 0.1) is 39.5 Å². The fraction of sp³-hybridized carbons (Fsp3) is 0.333. The van der Waals surface area contributed by atoms with Crippen molar-refractivity contribution in [2.75, 3.05) is 26.6 Å². The highest BCUT2D eigenvalue weighted by Crippen LogP contribution is 2.32. The number of ether oxygens (including phenoxy) is 3. The molecule has 6 nitrogen and oxygen atoms in total. The van der Waals surface area contributed by atoms with Crippen molar-refractivity contribution < 1.29 is 37.0 Å². The summed E-state index contributed by atoms with van der Waals surface area (Å²) in [4.78, 5) is 22.3. The summed E-state index contributed by atoms with van der Waals surface area (Å²) in [6.07, 6.45) is -4.57. The number of methoxy groups -OCH3 is 3. The smallest absolute Gasteiger partial charge is 0.431 e. The average molecular weight is 347 g/mol. The van der Waals surface area contributed by atoms with Crippen molar-refractivity contribution in [1.29, 1.82) is 0 Å². The molecule has 132 valence electrons. The number of rotatable bonds is 6. The molecule has 1 aromatic carbocycles. The fourth-order valence-corrected chi connectivity index (χ4v) is 1.70. The van der Waals surface area contributed by atoms with Crippen LogP contribution in [-0.4, -0.2) is 39.4 Å². The second-order valence-corrected chi connectivity index (χ2v) is 4.49. The van der Waals surface area contributed by atoms with Crippen molar-refractivity contribution in [3.63, 3.8) is 0 Å². The zero-order valence-corrected chi connectivity index (χ0v) is 13.2. The Bertz CT molecular complexity index is 640. The molecular formula is C15H16F3NO5. The molecule has 1 rings (SSSR count). The van der Waals surface area contributed by atoms with Crippen LogP contribution in [-0.2, 0) is 25.5 Å². The molecule has 1 N–H and O–H groups in total. The van der Waals surface area contributed by atoms with Crippen molar-refractivity contribution in [2.24, 2.45) is 0 Å². The molecule has 0 saturated carbocycles. The molecule has 0 heterocycles. The van der Waals surface area contributed by atoms with E-state index in [4.69, 9.17) is 4.74 Å². The van der Waals surface area contributed by atoms with Crippen LogP contribution in [0.4, 0.5) is 18.9 Å². The Balaban J connectivity index is 3.13. The second-order valence-electron chi connectivity index (χ2n) is 4.49. The predicted molar refractivity (Wildman–Crippen MR) is 78.5 cm³/mol. The molecule has 0 unspecified atom stereocenters. The van der Waals surface area contributed by atoms with Crippen LogP contribution in [0.3, 0.4) is 0 Å². The number of carbonyl (C=O) groups is 2. The standard InChI is InChI=1S/C15H16F3NO5/c1-22-11-6-9(7-13(20)23-2)4-5-10(11)19-12(15(16,17)18)8-14(21)24-3/h4-6,8,19H,7H2,1-3H3. The molecule has 0 amide bonds. The first-order valence-corrected chi connectivity index (χ1v) is 6.58. The van der Waals surface area contributed by atoms with Crippen LogP contribution in [0.15, 0.2) is 30.0 Å². The van der Waals surface area contributed by atoms with Crippen LogP contribution < -0.4 is 10.1 Å². The maximum absolute atomic E-state index is 13.0. The largest absolute Gasteiger partial charge is 0.495 e. The number of hydrogen-bond acceptors (Lipinski definition) is 6. The Morgan fingerprint density at radius 3 is 2.33 bits per heavy atom. The quantitative estimate of drug-likeness (QED) is 0.629. The Labute approximate surface area is 136 Å². The molecule has 0 aromatic heterocycles. The summed E-state index contributed by atoms with van der Waals surface area (Å²) >= 11 is 0. The summed E-state index contributed by atoms with van der Waals surface area (Å²) in [5, 5.41) is 2.09. The maximum atomic E-state index is 13.0. The minimum Gasteiger partial charge on any atom is -0.495 e. The number of carbonyl (C=O) groups excluding carboxylic acids is 2. The lowest BCUT2D eigenvalue weighted by Gasteiger charge is -2.17. The van der Waals surface area contributed by atoms with Gasteiger partial charge in [0.15, 0.2) is 0 Å². The molecule has 0 aliphatic heterocycles. The summed E-state index contributed by atoms with van der Waals surface area (Å²) in [6, 6.07) is 4.13. The van der Waals surface area contributed by atoms with Crippen molar-refractivity contribution in [3.05, 3.63) is 35.5 Å². The van der Waals surface area contributed by atoms with Gasteiger partial charge in [0.25, 0.3) is 0 Å². The highest BCUT2D eigenvalue weighted by atomic mass is 19.4. The van der Waals surface area contributed by atoms with Crippen molar-refractivity contribution in [3.8, 4) is 5.75 Å². The average Bonchev–Trinajstić information content (AvgIpc) is 2.53. The Kier molecular flexibility index (Phi) is 6.63. The number of nitrogens with one attached hydrogen (secondary N) is 1. The van der Waals surface area contributed by atoms with Crippen LogP contribution in [0, 0.1) is 0 Å². The fourth-order valence-electron chi connectivity index (χ4n) is 1.70. The predicted octanol–water partition coefficient (Wildman–Crippen LogP) is 2.44. The third-order valence-corrected chi connectivity index (χ3v) is 2.88. The first-order chi connectivity index (χ1) is 11.2. The zero-order valence-electron chi connectivity index (χ0n) is 13.2. The van der Waals surface area contributed by atoms with Gasteiger partial charge in [-0.1, -0.05) is 6.07 Å². The van der Waals surface area contributed by atoms with Gasteiger partial charge in [-0.3, -0.25) is 4.79 Å². The van der Waals surface area contributed by atoms with Gasteiger partial charge in [0.1, 0.15) is 11.4 Å². The van der Waals surface area contributed by atoms with E-state index in [0.717, 1.165) is 7.11 Å². The molecule has 0 bridgehead atoms. The van der Waals surface area contributed by atoms with Gasteiger partial charge in [-0.05, 0) is 17.7 Å². The molecule has 24 heavy (non-hydrogen) atoms. The van der Waals surface area contributed by atoms with E-state index in [0.29, 0.717) is 11.6 Å². The normalized spacial score (nSPS) is 11.7. The molecule has 1 aromatic rings. The molecule has 0 aliphatic rings. The number of allylic oxidation sites excluding steroid dienone is 1. The number of alkyl halides is 3. The first kappa shape index (κ1) is 19.3. The van der Waals surface area contributed by atoms with E-state index >= 15 is 0 Å². The maximum Gasteiger partial charge on any atom is 0.431 e. The highest BCUT2D eigenvalue weighted by molar-refractivity contribution is 5.84. The van der Waals surface area contributed by atoms with Gasteiger partial charge in [-0.2, -0.15) is 13.2 Å². The summed E-state index contributed by atoms with van der Waals surface area (Å²) < 4.78 is 52.7. The molecule has 0 atom stereocenters. The number of esters is 2. The topological polar surface area (TPSA) is 73.9 Å². The molecule has 0 spiro atoms. The Morgan fingerprint density at radius 1 is 1.17 bits per heavy atom. The lowest BCUT2D eigenvalue weighted by molar-refractivity contribution is -0.139. The van der Waals surface area contributed by atoms with Crippen LogP contribution in [0.1, 0.15) is 5.56 Å². The van der Waals surface area contributed by atoms with E-state index in [2.05, 4.69) is 14.8 Å². The minimum atomic E-state index is -4.80. The molecule has 0 aliphatic carbocycles. The molecule has 9 heteroatoms. The highest BCUT2D eigenvalue weighted by Gasteiger charge is 2.35. The second kappa shape index (κ2) is 8.23. The van der Waals surface area contributed by atoms with Gasteiger partial charge < -0.3 is 19.5 Å². The van der Waals surface area contributed by atoms with E-state index in [9.17, 15) is 22.8 Å². The molecule has 0 saturated heterocycles. The molecular weight excluding hydrogens is 331 g/mol. The summed E-state index contributed by atoms with van der Waals surface area (Å²) in [5.74, 6) is -1.59. The number of halogens is 3. The van der Waals surface area contributed by atoms with Crippen LogP contribution in [0.2, 0.25) is 0 Å². The Morgan fingerprint density at radius 2 is 1.83 bits per heavy atom. The molecule has 0 radical (unpaired) electrons. The zero-order chi connectivity index (χ0) is 18.3. The number of benzene rings is 1. The third kappa shape index (κ3) is 5.49. The van der Waals surface area contributed by atoms with Gasteiger partial charge in [-0.25, -0.2) is 4.79 Å². The van der Waals surface area contributed by atoms with E-state index in [1.807, 2.05) is 0 Å². The summed E-state index contributed by atoms with van der Waals surface area (Å²) in [5.41, 5.74) is -0.846. The van der Waals surface area contributed by atoms with E-state index in [1.54, 1.807) is 0 Å². The Hall–Kier alpha value is -2.71. The third-order valence-electron chi connectivity index (χ3n) is 2.88. The van der Waals surface area contributed by atoms with Crippen molar-refractivity contribution >= 4 is 17.6 Å². The van der Waals surface area contributed by atoms with Gasteiger partial charge in [-0.15, -0.1) is 0 Å². The summed E-state index contributed by atoms with van der Waals surface area (Å²) in [7, 11) is 3.46. The van der Waals surface area contributed by atoms with Crippen LogP contribution >= 0.6 is 0 Å². The number of hydrogen-bond donors (Lipinski definition) is 1. The van der Waals surface area contributed by atoms with Crippen LogP contribution in [0.5, 0.6) is 5.75 Å². The van der Waals surface area contributed by atoms with Gasteiger partial charge >= 0.3 is 18.1 Å². The van der Waals surface area contributed by atoms with E-state index in [1.165, 1.54) is 32.4 Å². The van der Waals surface area contributed by atoms with E-state index in [-0.39, 0.29) is 17.9 Å². The van der Waals surface area contributed by atoms with Gasteiger partial charge in [0, 0.05) is 0 Å². The summed E-state index contributed by atoms with van der Waals surface area (Å²) in [6.45, 7) is 0. The van der Waals surface area contributed by atoms with Crippen molar-refractivity contribution in [2.45, 2.75) is 12.6 Å². The number of anilines is 1. The van der Waals surface area contributed by atoms with E-state index < -0.39 is 23.8 Å². The lowest BCUT2D eigenvalue weighted by atomic mass is 10.1. The van der Waals surface area contributed by atoms with Gasteiger partial charge in [0.2, 0.25) is 0 Å². The SMILES string of the molecule is COC(=O)C=C(Nc1ccc(CC(=O)OC)cc1OC)C(F)(F)F. The lowest BCUT2D eigenvalue weighted by Crippen LogP contribution is -2.21. The van der Waals surface area contributed by atoms with Crippen LogP contribution in [0.25, 0.3) is 0 Å². The minimum absolute atomic E-state index is 0.0291. The first-order valence-electron chi connectivity index (χ1n) is 6.58.